The highest BCUT2D eigenvalue weighted by Crippen LogP contribution is 2.20. The monoisotopic (exact) mass is 343 g/mol. The van der Waals surface area contributed by atoms with Crippen LogP contribution >= 0.6 is 0 Å². The highest BCUT2D eigenvalue weighted by atomic mass is 19.1. The normalized spacial score (nSPS) is 18.0. The van der Waals surface area contributed by atoms with E-state index in [2.05, 4.69) is 4.90 Å². The Kier molecular flexibility index (Phi) is 5.66. The number of halogens is 1. The first kappa shape index (κ1) is 17.4. The topological polar surface area (TPSA) is 49.8 Å². The van der Waals surface area contributed by atoms with Crippen LogP contribution in [0.3, 0.4) is 0 Å². The number of nitrogens with zero attached hydrogens (tertiary/aromatic N) is 1. The fourth-order valence-electron chi connectivity index (χ4n) is 3.10. The van der Waals surface area contributed by atoms with Crippen molar-refractivity contribution >= 4 is 5.97 Å². The first-order chi connectivity index (χ1) is 12.1. The van der Waals surface area contributed by atoms with E-state index in [1.54, 1.807) is 12.1 Å². The Bertz CT molecular complexity index is 700. The zero-order valence-electron chi connectivity index (χ0n) is 14.0. The van der Waals surface area contributed by atoms with Gasteiger partial charge in [-0.3, -0.25) is 9.69 Å². The lowest BCUT2D eigenvalue weighted by molar-refractivity contribution is -0.143. The summed E-state index contributed by atoms with van der Waals surface area (Å²) < 4.78 is 18.6. The van der Waals surface area contributed by atoms with E-state index in [1.165, 1.54) is 12.1 Å². The van der Waals surface area contributed by atoms with Crippen molar-refractivity contribution in [3.63, 3.8) is 0 Å². The summed E-state index contributed by atoms with van der Waals surface area (Å²) in [6.45, 7) is 2.69. The van der Waals surface area contributed by atoms with Gasteiger partial charge in [0.2, 0.25) is 0 Å². The Balaban J connectivity index is 1.51. The summed E-state index contributed by atoms with van der Waals surface area (Å²) in [6, 6.07) is 14.1. The van der Waals surface area contributed by atoms with Crippen molar-refractivity contribution < 1.29 is 19.0 Å². The van der Waals surface area contributed by atoms with Crippen LogP contribution in [-0.2, 0) is 17.9 Å². The van der Waals surface area contributed by atoms with E-state index in [0.717, 1.165) is 42.8 Å². The summed E-state index contributed by atoms with van der Waals surface area (Å²) in [7, 11) is 0. The third-order valence-corrected chi connectivity index (χ3v) is 4.50. The fraction of sp³-hybridized carbons (Fsp3) is 0.350. The maximum atomic E-state index is 12.9. The summed E-state index contributed by atoms with van der Waals surface area (Å²) in [5, 5.41) is 9.16. The molecule has 2 aromatic rings. The number of hydrogen-bond acceptors (Lipinski definition) is 3. The zero-order valence-corrected chi connectivity index (χ0v) is 14.0. The minimum absolute atomic E-state index is 0.254. The minimum atomic E-state index is -0.700. The second-order valence-corrected chi connectivity index (χ2v) is 6.47. The van der Waals surface area contributed by atoms with E-state index in [1.807, 2.05) is 24.3 Å². The molecular formula is C20H22FNO3. The molecule has 3 rings (SSSR count). The molecule has 0 bridgehead atoms. The lowest BCUT2D eigenvalue weighted by atomic mass is 9.98. The number of piperidine rings is 1. The molecule has 132 valence electrons. The van der Waals surface area contributed by atoms with Crippen molar-refractivity contribution in [2.24, 2.45) is 5.92 Å². The van der Waals surface area contributed by atoms with Crippen LogP contribution in [0.4, 0.5) is 4.39 Å². The van der Waals surface area contributed by atoms with Crippen LogP contribution in [-0.4, -0.2) is 29.1 Å². The summed E-state index contributed by atoms with van der Waals surface area (Å²) in [4.78, 5) is 13.3. The number of likely N-dealkylation sites (tertiary alicyclic amines) is 1. The average Bonchev–Trinajstić information content (AvgIpc) is 2.63. The summed E-state index contributed by atoms with van der Waals surface area (Å²) >= 11 is 0. The molecular weight excluding hydrogens is 321 g/mol. The number of carbonyl (C=O) groups is 1. The predicted molar refractivity (Wildman–Crippen MR) is 92.8 cm³/mol. The maximum Gasteiger partial charge on any atom is 0.307 e. The number of rotatable bonds is 6. The van der Waals surface area contributed by atoms with Crippen LogP contribution in [0.1, 0.15) is 24.0 Å². The van der Waals surface area contributed by atoms with Gasteiger partial charge in [-0.05, 0) is 54.8 Å². The van der Waals surface area contributed by atoms with Gasteiger partial charge in [-0.1, -0.05) is 24.3 Å². The van der Waals surface area contributed by atoms with Crippen LogP contribution in [0.2, 0.25) is 0 Å². The van der Waals surface area contributed by atoms with E-state index < -0.39 is 5.97 Å². The molecule has 25 heavy (non-hydrogen) atoms. The van der Waals surface area contributed by atoms with Crippen molar-refractivity contribution in [3.05, 3.63) is 65.5 Å². The van der Waals surface area contributed by atoms with Gasteiger partial charge in [0, 0.05) is 13.1 Å². The molecule has 0 aromatic heterocycles. The zero-order chi connectivity index (χ0) is 17.6. The first-order valence-corrected chi connectivity index (χ1v) is 8.51. The Labute approximate surface area is 146 Å². The number of benzene rings is 2. The summed E-state index contributed by atoms with van der Waals surface area (Å²) in [6.07, 6.45) is 1.69. The van der Waals surface area contributed by atoms with Crippen LogP contribution in [0, 0.1) is 11.7 Å². The smallest absolute Gasteiger partial charge is 0.307 e. The van der Waals surface area contributed by atoms with Crippen LogP contribution in [0.5, 0.6) is 5.75 Å². The molecule has 1 unspecified atom stereocenters. The molecule has 1 saturated heterocycles. The second kappa shape index (κ2) is 8.12. The summed E-state index contributed by atoms with van der Waals surface area (Å²) in [5.74, 6) is -0.451. The van der Waals surface area contributed by atoms with Crippen molar-refractivity contribution in [1.82, 2.24) is 4.90 Å². The molecule has 1 heterocycles. The van der Waals surface area contributed by atoms with Gasteiger partial charge in [0.05, 0.1) is 5.92 Å². The molecule has 2 aromatic carbocycles. The van der Waals surface area contributed by atoms with E-state index in [-0.39, 0.29) is 11.7 Å². The molecule has 0 spiro atoms. The highest BCUT2D eigenvalue weighted by Gasteiger charge is 2.25. The molecule has 4 nitrogen and oxygen atoms in total. The van der Waals surface area contributed by atoms with Gasteiger partial charge in [-0.2, -0.15) is 0 Å². The third kappa shape index (κ3) is 5.03. The van der Waals surface area contributed by atoms with Gasteiger partial charge in [-0.15, -0.1) is 0 Å². The molecule has 0 amide bonds. The Morgan fingerprint density at radius 1 is 1.12 bits per heavy atom. The van der Waals surface area contributed by atoms with E-state index in [9.17, 15) is 9.18 Å². The molecule has 1 N–H and O–H groups in total. The maximum absolute atomic E-state index is 12.9. The molecule has 1 aliphatic heterocycles. The standard InChI is InChI=1S/C20H22FNO3/c21-18-7-3-16(4-8-18)14-25-19-9-5-15(6-10-19)12-22-11-1-2-17(13-22)20(23)24/h3-10,17H,1-2,11-14H2,(H,23,24). The van der Waals surface area contributed by atoms with Gasteiger partial charge in [0.25, 0.3) is 0 Å². The Hall–Kier alpha value is -2.40. The van der Waals surface area contributed by atoms with Crippen LogP contribution in [0.25, 0.3) is 0 Å². The highest BCUT2D eigenvalue weighted by molar-refractivity contribution is 5.70. The molecule has 1 fully saturated rings. The molecule has 0 aliphatic carbocycles. The summed E-state index contributed by atoms with van der Waals surface area (Å²) in [5.41, 5.74) is 2.05. The van der Waals surface area contributed by atoms with Gasteiger partial charge in [0.1, 0.15) is 18.2 Å². The molecule has 1 aliphatic rings. The minimum Gasteiger partial charge on any atom is -0.489 e. The number of ether oxygens (including phenoxy) is 1. The van der Waals surface area contributed by atoms with Gasteiger partial charge in [0.15, 0.2) is 0 Å². The number of hydrogen-bond donors (Lipinski definition) is 1. The SMILES string of the molecule is O=C(O)C1CCCN(Cc2ccc(OCc3ccc(F)cc3)cc2)C1. The van der Waals surface area contributed by atoms with Crippen molar-refractivity contribution in [2.45, 2.75) is 26.0 Å². The van der Waals surface area contributed by atoms with Crippen LogP contribution in [0.15, 0.2) is 48.5 Å². The molecule has 0 radical (unpaired) electrons. The Morgan fingerprint density at radius 3 is 2.48 bits per heavy atom. The lowest BCUT2D eigenvalue weighted by Gasteiger charge is -2.30. The van der Waals surface area contributed by atoms with Gasteiger partial charge in [-0.25, -0.2) is 4.39 Å². The van der Waals surface area contributed by atoms with Gasteiger partial charge >= 0.3 is 5.97 Å². The van der Waals surface area contributed by atoms with Crippen molar-refractivity contribution in [2.75, 3.05) is 13.1 Å². The number of aliphatic carboxylic acids is 1. The second-order valence-electron chi connectivity index (χ2n) is 6.47. The first-order valence-electron chi connectivity index (χ1n) is 8.51. The largest absolute Gasteiger partial charge is 0.489 e. The predicted octanol–water partition coefficient (Wildman–Crippen LogP) is 3.70. The molecule has 1 atom stereocenters. The van der Waals surface area contributed by atoms with Gasteiger partial charge < -0.3 is 9.84 Å². The van der Waals surface area contributed by atoms with E-state index in [0.29, 0.717) is 13.2 Å². The van der Waals surface area contributed by atoms with E-state index in [4.69, 9.17) is 9.84 Å². The lowest BCUT2D eigenvalue weighted by Crippen LogP contribution is -2.38. The molecule has 5 heteroatoms. The van der Waals surface area contributed by atoms with Crippen molar-refractivity contribution in [3.8, 4) is 5.75 Å². The average molecular weight is 343 g/mol. The van der Waals surface area contributed by atoms with Crippen molar-refractivity contribution in [1.29, 1.82) is 0 Å². The Morgan fingerprint density at radius 2 is 1.80 bits per heavy atom. The third-order valence-electron chi connectivity index (χ3n) is 4.50. The molecule has 0 saturated carbocycles. The van der Waals surface area contributed by atoms with E-state index >= 15 is 0 Å². The number of carboxylic acid groups (broad SMARTS) is 1. The van der Waals surface area contributed by atoms with Crippen LogP contribution < -0.4 is 4.74 Å². The number of carboxylic acids is 1. The fourth-order valence-corrected chi connectivity index (χ4v) is 3.10. The quantitative estimate of drug-likeness (QED) is 0.869.